The molecule has 0 amide bonds. The number of hydrogen-bond donors (Lipinski definition) is 1. The van der Waals surface area contributed by atoms with Gasteiger partial charge in [0.2, 0.25) is 0 Å². The number of fused-ring (bicyclic) bond motifs is 1. The van der Waals surface area contributed by atoms with Crippen LogP contribution in [0.1, 0.15) is 36.2 Å². The maximum Gasteiger partial charge on any atom is 0.181 e. The Morgan fingerprint density at radius 1 is 1.37 bits per heavy atom. The molecule has 1 aromatic heterocycles. The Bertz CT molecular complexity index is 598. The van der Waals surface area contributed by atoms with E-state index in [0.717, 1.165) is 29.4 Å². The smallest absolute Gasteiger partial charge is 0.181 e. The highest BCUT2D eigenvalue weighted by Gasteiger charge is 2.21. The lowest BCUT2D eigenvalue weighted by atomic mass is 10.0. The molecule has 1 heterocycles. The van der Waals surface area contributed by atoms with Gasteiger partial charge in [0.1, 0.15) is 0 Å². The van der Waals surface area contributed by atoms with E-state index in [1.54, 1.807) is 0 Å². The quantitative estimate of drug-likeness (QED) is 0.836. The van der Waals surface area contributed by atoms with Gasteiger partial charge in [0.15, 0.2) is 5.78 Å². The fourth-order valence-electron chi connectivity index (χ4n) is 2.55. The van der Waals surface area contributed by atoms with E-state index >= 15 is 0 Å². The van der Waals surface area contributed by atoms with Gasteiger partial charge in [-0.2, -0.15) is 0 Å². The Hall–Kier alpha value is -1.61. The zero-order chi connectivity index (χ0) is 14.0. The van der Waals surface area contributed by atoms with Gasteiger partial charge in [-0.15, -0.1) is 0 Å². The largest absolute Gasteiger partial charge is 0.350 e. The number of carbonyl (C=O) groups excluding carboxylic acids is 1. The first-order valence-electron chi connectivity index (χ1n) is 6.91. The number of rotatable bonds is 5. The molecule has 102 valence electrons. The van der Waals surface area contributed by atoms with Gasteiger partial charge in [-0.1, -0.05) is 26.0 Å². The molecular formula is C16H22N2O. The third kappa shape index (κ3) is 2.56. The number of ketones is 1. The Balaban J connectivity index is 2.48. The highest BCUT2D eigenvalue weighted by atomic mass is 16.1. The number of nitrogens with zero attached hydrogens (tertiary/aromatic N) is 1. The maximum absolute atomic E-state index is 12.6. The molecule has 19 heavy (non-hydrogen) atoms. The Kier molecular flexibility index (Phi) is 4.05. The summed E-state index contributed by atoms with van der Waals surface area (Å²) in [5, 5.41) is 4.31. The summed E-state index contributed by atoms with van der Waals surface area (Å²) in [5.41, 5.74) is 3.16. The lowest BCUT2D eigenvalue weighted by molar-refractivity contribution is 0.0943. The van der Waals surface area contributed by atoms with Gasteiger partial charge in [-0.05, 0) is 31.5 Å². The lowest BCUT2D eigenvalue weighted by Gasteiger charge is -2.13. The SMILES string of the molecule is CCNC(CC)C(=O)c1cn(C)c2cc(C)ccc12. The van der Waals surface area contributed by atoms with E-state index in [9.17, 15) is 4.79 Å². The van der Waals surface area contributed by atoms with Crippen molar-refractivity contribution in [3.05, 3.63) is 35.5 Å². The van der Waals surface area contributed by atoms with Crippen LogP contribution in [-0.2, 0) is 7.05 Å². The molecule has 2 rings (SSSR count). The predicted octanol–water partition coefficient (Wildman–Crippen LogP) is 3.06. The molecule has 1 N–H and O–H groups in total. The molecule has 0 radical (unpaired) electrons. The summed E-state index contributed by atoms with van der Waals surface area (Å²) in [6.45, 7) is 6.96. The van der Waals surface area contributed by atoms with Crippen LogP contribution >= 0.6 is 0 Å². The first-order chi connectivity index (χ1) is 9.08. The summed E-state index contributed by atoms with van der Waals surface area (Å²) in [5.74, 6) is 0.193. The third-order valence-corrected chi connectivity index (χ3v) is 3.59. The first-order valence-corrected chi connectivity index (χ1v) is 6.91. The fourth-order valence-corrected chi connectivity index (χ4v) is 2.55. The molecule has 0 spiro atoms. The molecule has 0 saturated carbocycles. The molecule has 0 aliphatic carbocycles. The molecule has 1 atom stereocenters. The second kappa shape index (κ2) is 5.57. The number of nitrogens with one attached hydrogen (secondary N) is 1. The average molecular weight is 258 g/mol. The molecule has 0 saturated heterocycles. The lowest BCUT2D eigenvalue weighted by Crippen LogP contribution is -2.35. The minimum absolute atomic E-state index is 0.0862. The number of aryl methyl sites for hydroxylation is 2. The van der Waals surface area contributed by atoms with E-state index in [0.29, 0.717) is 0 Å². The molecule has 0 fully saturated rings. The van der Waals surface area contributed by atoms with Crippen molar-refractivity contribution in [3.63, 3.8) is 0 Å². The van der Waals surface area contributed by atoms with Crippen LogP contribution in [-0.4, -0.2) is 22.9 Å². The minimum atomic E-state index is -0.0862. The zero-order valence-electron chi connectivity index (χ0n) is 12.2. The van der Waals surface area contributed by atoms with Crippen molar-refractivity contribution in [2.24, 2.45) is 7.05 Å². The second-order valence-electron chi connectivity index (χ2n) is 5.06. The number of Topliss-reactive ketones (excluding diaryl/α,β-unsaturated/α-hetero) is 1. The van der Waals surface area contributed by atoms with Crippen molar-refractivity contribution in [1.82, 2.24) is 9.88 Å². The van der Waals surface area contributed by atoms with Crippen LogP contribution in [0.5, 0.6) is 0 Å². The Morgan fingerprint density at radius 3 is 2.74 bits per heavy atom. The molecule has 0 aliphatic rings. The van der Waals surface area contributed by atoms with Gasteiger partial charge in [0.25, 0.3) is 0 Å². The highest BCUT2D eigenvalue weighted by Crippen LogP contribution is 2.23. The van der Waals surface area contributed by atoms with Crippen molar-refractivity contribution in [1.29, 1.82) is 0 Å². The Morgan fingerprint density at radius 2 is 2.11 bits per heavy atom. The number of likely N-dealkylation sites (N-methyl/N-ethyl adjacent to an activating group) is 1. The van der Waals surface area contributed by atoms with E-state index in [4.69, 9.17) is 0 Å². The van der Waals surface area contributed by atoms with Crippen molar-refractivity contribution in [3.8, 4) is 0 Å². The van der Waals surface area contributed by atoms with Crippen molar-refractivity contribution >= 4 is 16.7 Å². The molecule has 3 nitrogen and oxygen atoms in total. The molecule has 1 aromatic carbocycles. The van der Waals surface area contributed by atoms with Crippen molar-refractivity contribution in [2.75, 3.05) is 6.54 Å². The van der Waals surface area contributed by atoms with E-state index in [-0.39, 0.29) is 11.8 Å². The maximum atomic E-state index is 12.6. The second-order valence-corrected chi connectivity index (χ2v) is 5.06. The van der Waals surface area contributed by atoms with Crippen LogP contribution in [0.25, 0.3) is 10.9 Å². The van der Waals surface area contributed by atoms with Crippen molar-refractivity contribution < 1.29 is 4.79 Å². The van der Waals surface area contributed by atoms with Crippen LogP contribution in [0.15, 0.2) is 24.4 Å². The molecule has 0 bridgehead atoms. The standard InChI is InChI=1S/C16H22N2O/c1-5-14(17-6-2)16(19)13-10-18(4)15-9-11(3)7-8-12(13)15/h7-10,14,17H,5-6H2,1-4H3. The van der Waals surface area contributed by atoms with Crippen LogP contribution in [0.3, 0.4) is 0 Å². The Labute approximate surface area is 114 Å². The average Bonchev–Trinajstić information content (AvgIpc) is 2.72. The van der Waals surface area contributed by atoms with Gasteiger partial charge < -0.3 is 9.88 Å². The number of hydrogen-bond acceptors (Lipinski definition) is 2. The topological polar surface area (TPSA) is 34.0 Å². The summed E-state index contributed by atoms with van der Waals surface area (Å²) in [4.78, 5) is 12.6. The first kappa shape index (κ1) is 13.8. The summed E-state index contributed by atoms with van der Waals surface area (Å²) in [6.07, 6.45) is 2.77. The van der Waals surface area contributed by atoms with Gasteiger partial charge in [0, 0.05) is 29.7 Å². The van der Waals surface area contributed by atoms with Crippen LogP contribution in [0, 0.1) is 6.92 Å². The summed E-state index contributed by atoms with van der Waals surface area (Å²) >= 11 is 0. The summed E-state index contributed by atoms with van der Waals surface area (Å²) < 4.78 is 2.04. The van der Waals surface area contributed by atoms with Crippen molar-refractivity contribution in [2.45, 2.75) is 33.2 Å². The van der Waals surface area contributed by atoms with Gasteiger partial charge in [-0.3, -0.25) is 4.79 Å². The number of aromatic nitrogens is 1. The van der Waals surface area contributed by atoms with E-state index in [2.05, 4.69) is 30.4 Å². The van der Waals surface area contributed by atoms with Crippen LogP contribution in [0.4, 0.5) is 0 Å². The van der Waals surface area contributed by atoms with E-state index in [1.807, 2.05) is 31.7 Å². The number of carbonyl (C=O) groups is 1. The predicted molar refractivity (Wildman–Crippen MR) is 79.7 cm³/mol. The van der Waals surface area contributed by atoms with Gasteiger partial charge in [-0.25, -0.2) is 0 Å². The fraction of sp³-hybridized carbons (Fsp3) is 0.438. The van der Waals surface area contributed by atoms with E-state index < -0.39 is 0 Å². The normalized spacial score (nSPS) is 12.8. The molecule has 0 aliphatic heterocycles. The van der Waals surface area contributed by atoms with Gasteiger partial charge in [0.05, 0.1) is 6.04 Å². The monoisotopic (exact) mass is 258 g/mol. The summed E-state index contributed by atoms with van der Waals surface area (Å²) in [7, 11) is 1.99. The summed E-state index contributed by atoms with van der Waals surface area (Å²) in [6, 6.07) is 6.15. The van der Waals surface area contributed by atoms with Gasteiger partial charge >= 0.3 is 0 Å². The minimum Gasteiger partial charge on any atom is -0.350 e. The van der Waals surface area contributed by atoms with Crippen LogP contribution < -0.4 is 5.32 Å². The molecule has 3 heteroatoms. The molecule has 1 unspecified atom stereocenters. The van der Waals surface area contributed by atoms with E-state index in [1.165, 1.54) is 5.56 Å². The molecule has 2 aromatic rings. The third-order valence-electron chi connectivity index (χ3n) is 3.59. The van der Waals surface area contributed by atoms with Crippen LogP contribution in [0.2, 0.25) is 0 Å². The molecular weight excluding hydrogens is 236 g/mol. The zero-order valence-corrected chi connectivity index (χ0v) is 12.2. The highest BCUT2D eigenvalue weighted by molar-refractivity contribution is 6.10. The number of benzene rings is 1.